The van der Waals surface area contributed by atoms with E-state index in [0.717, 1.165) is 4.88 Å². The largest absolute Gasteiger partial charge is 0.350 e. The predicted octanol–water partition coefficient (Wildman–Crippen LogP) is 1.87. The van der Waals surface area contributed by atoms with E-state index in [1.807, 2.05) is 11.4 Å². The molecule has 0 saturated heterocycles. The second-order valence-corrected chi connectivity index (χ2v) is 6.13. The zero-order valence-corrected chi connectivity index (χ0v) is 14.6. The number of nitrogens with one attached hydrogen (secondary N) is 2. The number of amides is 2. The Morgan fingerprint density at radius 3 is 2.56 bits per heavy atom. The van der Waals surface area contributed by atoms with Gasteiger partial charge >= 0.3 is 11.8 Å². The molecule has 2 N–H and O–H groups in total. The van der Waals surface area contributed by atoms with Crippen LogP contribution in [0.5, 0.6) is 0 Å². The molecule has 0 aliphatic heterocycles. The van der Waals surface area contributed by atoms with Gasteiger partial charge in [-0.05, 0) is 17.5 Å². The van der Waals surface area contributed by atoms with Crippen LogP contribution >= 0.6 is 11.3 Å². The highest BCUT2D eigenvalue weighted by Crippen LogP contribution is 2.21. The first-order valence-corrected chi connectivity index (χ1v) is 8.61. The fraction of sp³-hybridized carbons (Fsp3) is 0.125. The van der Waals surface area contributed by atoms with Gasteiger partial charge in [-0.2, -0.15) is 4.98 Å². The molecule has 0 aliphatic carbocycles. The van der Waals surface area contributed by atoms with Crippen molar-refractivity contribution in [1.82, 2.24) is 20.8 Å². The first-order chi connectivity index (χ1) is 13.1. The Kier molecular flexibility index (Phi) is 5.52. The van der Waals surface area contributed by atoms with E-state index in [0.29, 0.717) is 5.82 Å². The summed E-state index contributed by atoms with van der Waals surface area (Å²) in [6.07, 6.45) is 0. The van der Waals surface area contributed by atoms with Crippen LogP contribution < -0.4 is 10.6 Å². The molecule has 0 fully saturated rings. The summed E-state index contributed by atoms with van der Waals surface area (Å²) in [5, 5.41) is 21.5. The van der Waals surface area contributed by atoms with Crippen molar-refractivity contribution in [2.75, 3.05) is 13.1 Å². The summed E-state index contributed by atoms with van der Waals surface area (Å²) in [5.41, 5.74) is -0.336. The lowest BCUT2D eigenvalue weighted by Gasteiger charge is -2.06. The highest BCUT2D eigenvalue weighted by Gasteiger charge is 2.19. The number of benzene rings is 1. The molecular weight excluding hydrogens is 374 g/mol. The minimum absolute atomic E-state index is 0.0497. The molecule has 2 heterocycles. The zero-order chi connectivity index (χ0) is 19.2. The molecule has 138 valence electrons. The molecule has 3 rings (SSSR count). The van der Waals surface area contributed by atoms with Crippen LogP contribution in [-0.4, -0.2) is 40.0 Å². The fourth-order valence-electron chi connectivity index (χ4n) is 2.17. The summed E-state index contributed by atoms with van der Waals surface area (Å²) < 4.78 is 4.91. The number of para-hydroxylation sites is 1. The minimum Gasteiger partial charge on any atom is -0.350 e. The molecule has 27 heavy (non-hydrogen) atoms. The molecule has 0 saturated carbocycles. The Balaban J connectivity index is 1.50. The van der Waals surface area contributed by atoms with Crippen LogP contribution in [0.2, 0.25) is 0 Å². The molecule has 0 spiro atoms. The number of nitro groups is 1. The van der Waals surface area contributed by atoms with Crippen molar-refractivity contribution < 1.29 is 19.0 Å². The van der Waals surface area contributed by atoms with E-state index in [9.17, 15) is 19.7 Å². The first-order valence-electron chi connectivity index (χ1n) is 7.73. The van der Waals surface area contributed by atoms with Crippen molar-refractivity contribution >= 4 is 28.8 Å². The lowest BCUT2D eigenvalue weighted by Crippen LogP contribution is -2.35. The van der Waals surface area contributed by atoms with Gasteiger partial charge in [-0.25, -0.2) is 0 Å². The van der Waals surface area contributed by atoms with Gasteiger partial charge in [-0.3, -0.25) is 19.7 Å². The number of rotatable bonds is 7. The topological polar surface area (TPSA) is 140 Å². The molecule has 0 bridgehead atoms. The third-order valence-corrected chi connectivity index (χ3v) is 4.27. The van der Waals surface area contributed by atoms with E-state index in [1.54, 1.807) is 6.07 Å². The van der Waals surface area contributed by atoms with E-state index in [-0.39, 0.29) is 30.2 Å². The van der Waals surface area contributed by atoms with E-state index >= 15 is 0 Å². The molecule has 3 aromatic rings. The number of nitrogens with zero attached hydrogens (tertiary/aromatic N) is 3. The molecule has 1 aromatic carbocycles. The second kappa shape index (κ2) is 8.19. The lowest BCUT2D eigenvalue weighted by atomic mass is 10.1. The van der Waals surface area contributed by atoms with Gasteiger partial charge in [0.1, 0.15) is 5.56 Å². The van der Waals surface area contributed by atoms with Gasteiger partial charge in [0.25, 0.3) is 11.6 Å². The molecule has 2 aromatic heterocycles. The Bertz CT molecular complexity index is 969. The van der Waals surface area contributed by atoms with Crippen LogP contribution in [0.15, 0.2) is 46.3 Å². The molecule has 11 heteroatoms. The number of aromatic nitrogens is 2. The summed E-state index contributed by atoms with van der Waals surface area (Å²) in [4.78, 5) is 39.1. The van der Waals surface area contributed by atoms with E-state index in [4.69, 9.17) is 4.52 Å². The molecular formula is C16H13N5O5S. The molecule has 2 amide bonds. The highest BCUT2D eigenvalue weighted by atomic mass is 32.1. The van der Waals surface area contributed by atoms with Crippen molar-refractivity contribution in [1.29, 1.82) is 0 Å². The Morgan fingerprint density at radius 2 is 1.85 bits per heavy atom. The summed E-state index contributed by atoms with van der Waals surface area (Å²) in [6, 6.07) is 9.24. The molecule has 0 aliphatic rings. The molecule has 0 radical (unpaired) electrons. The minimum atomic E-state index is -0.628. The maximum absolute atomic E-state index is 12.1. The third kappa shape index (κ3) is 4.33. The summed E-state index contributed by atoms with van der Waals surface area (Å²) in [7, 11) is 0. The maximum atomic E-state index is 12.1. The highest BCUT2D eigenvalue weighted by molar-refractivity contribution is 7.13. The van der Waals surface area contributed by atoms with E-state index < -0.39 is 16.7 Å². The van der Waals surface area contributed by atoms with E-state index in [1.165, 1.54) is 35.6 Å². The van der Waals surface area contributed by atoms with Crippen LogP contribution in [0, 0.1) is 10.1 Å². The quantitative estimate of drug-likeness (QED) is 0.358. The Morgan fingerprint density at radius 1 is 1.11 bits per heavy atom. The van der Waals surface area contributed by atoms with Crippen molar-refractivity contribution in [3.05, 3.63) is 63.3 Å². The maximum Gasteiger partial charge on any atom is 0.316 e. The van der Waals surface area contributed by atoms with Crippen LogP contribution in [-0.2, 0) is 0 Å². The van der Waals surface area contributed by atoms with Crippen molar-refractivity contribution in [3.8, 4) is 10.7 Å². The Labute approximate surface area is 156 Å². The van der Waals surface area contributed by atoms with Gasteiger partial charge in [0, 0.05) is 19.2 Å². The number of hydrogen-bond acceptors (Lipinski definition) is 8. The van der Waals surface area contributed by atoms with Gasteiger partial charge in [-0.1, -0.05) is 23.4 Å². The van der Waals surface area contributed by atoms with Crippen molar-refractivity contribution in [2.24, 2.45) is 0 Å². The van der Waals surface area contributed by atoms with Crippen molar-refractivity contribution in [3.63, 3.8) is 0 Å². The van der Waals surface area contributed by atoms with Gasteiger partial charge in [0.2, 0.25) is 5.82 Å². The zero-order valence-electron chi connectivity index (χ0n) is 13.7. The average molecular weight is 387 g/mol. The van der Waals surface area contributed by atoms with Crippen LogP contribution in [0.25, 0.3) is 10.7 Å². The second-order valence-electron chi connectivity index (χ2n) is 5.19. The monoisotopic (exact) mass is 387 g/mol. The van der Waals surface area contributed by atoms with Gasteiger partial charge < -0.3 is 15.2 Å². The number of thiophene rings is 1. The number of carbonyl (C=O) groups excluding carboxylic acids is 2. The van der Waals surface area contributed by atoms with Gasteiger partial charge in [-0.15, -0.1) is 11.3 Å². The molecule has 0 atom stereocenters. The standard InChI is InChI=1S/C16H13N5O5S/c22-14(10-4-1-2-5-11(10)21(24)25)17-7-8-18-15(23)16-19-13(20-26-16)12-6-3-9-27-12/h1-6,9H,7-8H2,(H,17,22)(H,18,23). The van der Waals surface area contributed by atoms with Crippen LogP contribution in [0.4, 0.5) is 5.69 Å². The number of nitro benzene ring substituents is 1. The Hall–Kier alpha value is -3.60. The van der Waals surface area contributed by atoms with Crippen LogP contribution in [0.3, 0.4) is 0 Å². The van der Waals surface area contributed by atoms with Crippen LogP contribution in [0.1, 0.15) is 21.0 Å². The number of carbonyl (C=O) groups is 2. The lowest BCUT2D eigenvalue weighted by molar-refractivity contribution is -0.385. The smallest absolute Gasteiger partial charge is 0.316 e. The molecule has 10 nitrogen and oxygen atoms in total. The van der Waals surface area contributed by atoms with E-state index in [2.05, 4.69) is 20.8 Å². The number of hydrogen-bond donors (Lipinski definition) is 2. The third-order valence-electron chi connectivity index (χ3n) is 3.40. The van der Waals surface area contributed by atoms with Gasteiger partial charge in [0.05, 0.1) is 9.80 Å². The van der Waals surface area contributed by atoms with Gasteiger partial charge in [0.15, 0.2) is 0 Å². The summed E-state index contributed by atoms with van der Waals surface area (Å²) in [6.45, 7) is 0.157. The summed E-state index contributed by atoms with van der Waals surface area (Å²) in [5.74, 6) is -1.05. The molecule has 0 unspecified atom stereocenters. The fourth-order valence-corrected chi connectivity index (χ4v) is 2.82. The SMILES string of the molecule is O=C(NCCNC(=O)c1ccccc1[N+](=O)[O-])c1nc(-c2cccs2)no1. The average Bonchev–Trinajstić information content (AvgIpc) is 3.36. The normalized spacial score (nSPS) is 10.4. The summed E-state index contributed by atoms with van der Waals surface area (Å²) >= 11 is 1.41. The first kappa shape index (κ1) is 18.2. The van der Waals surface area contributed by atoms with Crippen molar-refractivity contribution in [2.45, 2.75) is 0 Å². The predicted molar refractivity (Wildman–Crippen MR) is 95.4 cm³/mol.